The van der Waals surface area contributed by atoms with Crippen molar-refractivity contribution in [1.29, 1.82) is 5.26 Å². The lowest BCUT2D eigenvalue weighted by Crippen LogP contribution is -2.23. The van der Waals surface area contributed by atoms with E-state index in [1.807, 2.05) is 92.7 Å². The van der Waals surface area contributed by atoms with Gasteiger partial charge in [0.05, 0.1) is 0 Å². The predicted octanol–water partition coefficient (Wildman–Crippen LogP) is 5.66. The number of benzene rings is 3. The summed E-state index contributed by atoms with van der Waals surface area (Å²) in [5, 5.41) is 12.5. The summed E-state index contributed by atoms with van der Waals surface area (Å²) in [6, 6.07) is 26.4. The molecule has 0 bridgehead atoms. The molecule has 0 fully saturated rings. The first-order valence-corrected chi connectivity index (χ1v) is 11.3. The molecule has 0 saturated heterocycles. The normalized spacial score (nSPS) is 10.4. The van der Waals surface area contributed by atoms with Crippen LogP contribution < -0.4 is 10.1 Å². The minimum atomic E-state index is -0.694. The van der Waals surface area contributed by atoms with Gasteiger partial charge in [0.2, 0.25) is 5.88 Å². The van der Waals surface area contributed by atoms with E-state index >= 15 is 0 Å². The third kappa shape index (κ3) is 5.62. The minimum absolute atomic E-state index is 0.0112. The number of aryl methyl sites for hydroxylation is 2. The average molecular weight is 481 g/mol. The quantitative estimate of drug-likeness (QED) is 0.326. The summed E-state index contributed by atoms with van der Waals surface area (Å²) in [5.74, 6) is -0.316. The van der Waals surface area contributed by atoms with Gasteiger partial charge in [-0.25, -0.2) is 4.79 Å². The molecule has 3 aromatic carbocycles. The van der Waals surface area contributed by atoms with E-state index in [0.29, 0.717) is 17.1 Å². The van der Waals surface area contributed by atoms with Gasteiger partial charge in [0.1, 0.15) is 23.1 Å². The molecule has 0 atom stereocenters. The van der Waals surface area contributed by atoms with Crippen molar-refractivity contribution in [2.24, 2.45) is 0 Å². The van der Waals surface area contributed by atoms with Crippen LogP contribution in [0, 0.1) is 25.2 Å². The first-order chi connectivity index (χ1) is 17.5. The van der Waals surface area contributed by atoms with Crippen LogP contribution in [0.3, 0.4) is 0 Å². The van der Waals surface area contributed by atoms with Crippen molar-refractivity contribution in [3.63, 3.8) is 0 Å². The van der Waals surface area contributed by atoms with Crippen LogP contribution in [-0.2, 0) is 14.3 Å². The molecule has 0 saturated carbocycles. The molecular weight excluding hydrogens is 456 g/mol. The number of hydrogen-bond donors (Lipinski definition) is 1. The number of carbonyl (C=O) groups is 2. The van der Waals surface area contributed by atoms with Crippen molar-refractivity contribution in [3.05, 3.63) is 95.6 Å². The third-order valence-electron chi connectivity index (χ3n) is 5.42. The van der Waals surface area contributed by atoms with Gasteiger partial charge < -0.3 is 13.9 Å². The zero-order valence-corrected chi connectivity index (χ0v) is 19.9. The molecule has 1 heterocycles. The number of esters is 1. The Balaban J connectivity index is 1.47. The van der Waals surface area contributed by atoms with Gasteiger partial charge in [0.25, 0.3) is 5.91 Å². The molecule has 0 aliphatic heterocycles. The van der Waals surface area contributed by atoms with E-state index in [1.165, 1.54) is 0 Å². The van der Waals surface area contributed by atoms with E-state index in [9.17, 15) is 14.9 Å². The Morgan fingerprint density at radius 2 is 1.58 bits per heavy atom. The molecular formula is C29H24N2O5. The maximum Gasteiger partial charge on any atom is 0.344 e. The predicted molar refractivity (Wildman–Crippen MR) is 135 cm³/mol. The van der Waals surface area contributed by atoms with Crippen molar-refractivity contribution >= 4 is 17.8 Å². The van der Waals surface area contributed by atoms with Gasteiger partial charge >= 0.3 is 5.97 Å². The molecule has 7 heteroatoms. The second kappa shape index (κ2) is 11.1. The highest BCUT2D eigenvalue weighted by atomic mass is 16.6. The summed E-state index contributed by atoms with van der Waals surface area (Å²) >= 11 is 0. The van der Waals surface area contributed by atoms with Gasteiger partial charge in [-0.15, -0.1) is 0 Å². The van der Waals surface area contributed by atoms with Gasteiger partial charge in [0.15, 0.2) is 13.2 Å². The van der Waals surface area contributed by atoms with Crippen molar-refractivity contribution in [2.45, 2.75) is 13.8 Å². The highest BCUT2D eigenvalue weighted by Crippen LogP contribution is 2.41. The minimum Gasteiger partial charge on any atom is -0.482 e. The fourth-order valence-electron chi connectivity index (χ4n) is 3.65. The van der Waals surface area contributed by atoms with Crippen molar-refractivity contribution < 1.29 is 23.5 Å². The summed E-state index contributed by atoms with van der Waals surface area (Å²) in [6.45, 7) is 2.91. The van der Waals surface area contributed by atoms with Crippen LogP contribution in [0.25, 0.3) is 22.5 Å². The highest BCUT2D eigenvalue weighted by molar-refractivity contribution is 5.96. The lowest BCUT2D eigenvalue weighted by molar-refractivity contribution is -0.149. The van der Waals surface area contributed by atoms with Crippen LogP contribution in [-0.4, -0.2) is 25.1 Å². The Morgan fingerprint density at radius 3 is 2.25 bits per heavy atom. The number of ether oxygens (including phenoxy) is 2. The number of rotatable bonds is 8. The standard InChI is InChI=1S/C29H24N2O5/c1-19-13-14-20(2)24(15-19)34-18-26(33)35-17-25(32)31-29-23(16-30)27(21-9-5-3-6-10-21)28(36-29)22-11-7-4-8-12-22/h3-15H,17-18H2,1-2H3,(H,31,32). The van der Waals surface area contributed by atoms with Crippen LogP contribution in [0.4, 0.5) is 5.88 Å². The van der Waals surface area contributed by atoms with E-state index in [4.69, 9.17) is 13.9 Å². The molecule has 0 radical (unpaired) electrons. The number of amides is 1. The van der Waals surface area contributed by atoms with E-state index < -0.39 is 18.5 Å². The molecule has 0 spiro atoms. The van der Waals surface area contributed by atoms with Gasteiger partial charge in [0, 0.05) is 11.1 Å². The highest BCUT2D eigenvalue weighted by Gasteiger charge is 2.24. The van der Waals surface area contributed by atoms with E-state index in [1.54, 1.807) is 0 Å². The lowest BCUT2D eigenvalue weighted by atomic mass is 9.98. The molecule has 1 amide bonds. The molecule has 0 aliphatic rings. The number of hydrogen-bond acceptors (Lipinski definition) is 6. The number of nitrogens with zero attached hydrogens (tertiary/aromatic N) is 1. The van der Waals surface area contributed by atoms with Crippen LogP contribution in [0.2, 0.25) is 0 Å². The molecule has 180 valence electrons. The monoisotopic (exact) mass is 480 g/mol. The fraction of sp³-hybridized carbons (Fsp3) is 0.138. The van der Waals surface area contributed by atoms with Crippen LogP contribution in [0.1, 0.15) is 16.7 Å². The van der Waals surface area contributed by atoms with E-state index in [0.717, 1.165) is 22.3 Å². The smallest absolute Gasteiger partial charge is 0.344 e. The largest absolute Gasteiger partial charge is 0.482 e. The summed E-state index contributed by atoms with van der Waals surface area (Å²) in [4.78, 5) is 24.7. The summed E-state index contributed by atoms with van der Waals surface area (Å²) < 4.78 is 16.5. The number of nitriles is 1. The topological polar surface area (TPSA) is 102 Å². The molecule has 0 unspecified atom stereocenters. The second-order valence-electron chi connectivity index (χ2n) is 8.12. The summed E-state index contributed by atoms with van der Waals surface area (Å²) in [5.41, 5.74) is 4.16. The number of nitrogens with one attached hydrogen (secondary N) is 1. The van der Waals surface area contributed by atoms with Gasteiger partial charge in [-0.05, 0) is 36.6 Å². The van der Waals surface area contributed by atoms with Gasteiger partial charge in [-0.1, -0.05) is 72.8 Å². The van der Waals surface area contributed by atoms with E-state index in [2.05, 4.69) is 11.4 Å². The Kier molecular flexibility index (Phi) is 7.47. The van der Waals surface area contributed by atoms with Crippen molar-refractivity contribution in [1.82, 2.24) is 0 Å². The second-order valence-corrected chi connectivity index (χ2v) is 8.12. The lowest BCUT2D eigenvalue weighted by Gasteiger charge is -2.10. The average Bonchev–Trinajstić information content (AvgIpc) is 3.27. The van der Waals surface area contributed by atoms with Crippen molar-refractivity contribution in [2.75, 3.05) is 18.5 Å². The number of furan rings is 1. The Bertz CT molecular complexity index is 1420. The van der Waals surface area contributed by atoms with Gasteiger partial charge in [-0.3, -0.25) is 10.1 Å². The Labute approximate surface area is 208 Å². The van der Waals surface area contributed by atoms with Crippen LogP contribution in [0.5, 0.6) is 5.75 Å². The SMILES string of the molecule is Cc1ccc(C)c(OCC(=O)OCC(=O)Nc2oc(-c3ccccc3)c(-c3ccccc3)c2C#N)c1. The Hall–Kier alpha value is -4.83. The molecule has 36 heavy (non-hydrogen) atoms. The zero-order valence-electron chi connectivity index (χ0n) is 19.9. The molecule has 0 aliphatic carbocycles. The molecule has 1 aromatic heterocycles. The zero-order chi connectivity index (χ0) is 25.5. The molecule has 4 aromatic rings. The molecule has 7 nitrogen and oxygen atoms in total. The summed E-state index contributed by atoms with van der Waals surface area (Å²) in [6.07, 6.45) is 0. The number of anilines is 1. The third-order valence-corrected chi connectivity index (χ3v) is 5.42. The van der Waals surface area contributed by atoms with Crippen LogP contribution >= 0.6 is 0 Å². The first kappa shape index (κ1) is 24.3. The number of carbonyl (C=O) groups excluding carboxylic acids is 2. The Morgan fingerprint density at radius 1 is 0.917 bits per heavy atom. The molecule has 1 N–H and O–H groups in total. The summed E-state index contributed by atoms with van der Waals surface area (Å²) in [7, 11) is 0. The molecule has 4 rings (SSSR count). The first-order valence-electron chi connectivity index (χ1n) is 11.3. The van der Waals surface area contributed by atoms with Gasteiger partial charge in [-0.2, -0.15) is 5.26 Å². The van der Waals surface area contributed by atoms with Crippen molar-refractivity contribution in [3.8, 4) is 34.3 Å². The fourth-order valence-corrected chi connectivity index (χ4v) is 3.65. The van der Waals surface area contributed by atoms with E-state index in [-0.39, 0.29) is 18.1 Å². The maximum atomic E-state index is 12.6. The maximum absolute atomic E-state index is 12.6. The van der Waals surface area contributed by atoms with Crippen LogP contribution in [0.15, 0.2) is 83.3 Å².